The molecular weight excluding hydrogens is 206 g/mol. The van der Waals surface area contributed by atoms with E-state index in [1.165, 1.54) is 0 Å². The first-order valence-electron chi connectivity index (χ1n) is 5.43. The van der Waals surface area contributed by atoms with Crippen LogP contribution in [0.3, 0.4) is 0 Å². The highest BCUT2D eigenvalue weighted by Gasteiger charge is 2.15. The summed E-state index contributed by atoms with van der Waals surface area (Å²) in [6.07, 6.45) is 1.13. The molecule has 1 heterocycles. The molecule has 0 saturated carbocycles. The van der Waals surface area contributed by atoms with Gasteiger partial charge in [-0.25, -0.2) is 0 Å². The molecule has 0 bridgehead atoms. The van der Waals surface area contributed by atoms with Crippen molar-refractivity contribution in [2.45, 2.75) is 40.5 Å². The predicted molar refractivity (Wildman–Crippen MR) is 59.8 cm³/mol. The SMILES string of the molecule is Cc1nc(CCNC(=O)CC(C)(C)C)no1. The minimum Gasteiger partial charge on any atom is -0.356 e. The topological polar surface area (TPSA) is 68.0 Å². The molecule has 90 valence electrons. The van der Waals surface area contributed by atoms with Crippen LogP contribution in [-0.4, -0.2) is 22.6 Å². The molecule has 0 aliphatic carbocycles. The molecule has 5 heteroatoms. The van der Waals surface area contributed by atoms with Gasteiger partial charge in [-0.1, -0.05) is 25.9 Å². The number of carbonyl (C=O) groups excluding carboxylic acids is 1. The van der Waals surface area contributed by atoms with Crippen molar-refractivity contribution in [2.75, 3.05) is 6.54 Å². The highest BCUT2D eigenvalue weighted by Crippen LogP contribution is 2.17. The highest BCUT2D eigenvalue weighted by atomic mass is 16.5. The average molecular weight is 225 g/mol. The van der Waals surface area contributed by atoms with Crippen molar-refractivity contribution in [3.8, 4) is 0 Å². The van der Waals surface area contributed by atoms with Crippen LogP contribution in [0.15, 0.2) is 4.52 Å². The van der Waals surface area contributed by atoms with Crippen molar-refractivity contribution >= 4 is 5.91 Å². The van der Waals surface area contributed by atoms with Gasteiger partial charge in [-0.05, 0) is 5.41 Å². The van der Waals surface area contributed by atoms with Gasteiger partial charge in [-0.2, -0.15) is 4.98 Å². The molecule has 0 fully saturated rings. The van der Waals surface area contributed by atoms with E-state index in [0.717, 1.165) is 0 Å². The summed E-state index contributed by atoms with van der Waals surface area (Å²) < 4.78 is 4.83. The third-order valence-corrected chi connectivity index (χ3v) is 1.93. The summed E-state index contributed by atoms with van der Waals surface area (Å²) >= 11 is 0. The van der Waals surface area contributed by atoms with Gasteiger partial charge in [-0.3, -0.25) is 4.79 Å². The molecule has 0 radical (unpaired) electrons. The second kappa shape index (κ2) is 5.09. The summed E-state index contributed by atoms with van der Waals surface area (Å²) in [6.45, 7) is 8.40. The van der Waals surface area contributed by atoms with Gasteiger partial charge in [0.25, 0.3) is 0 Å². The number of hydrogen-bond donors (Lipinski definition) is 1. The first-order valence-corrected chi connectivity index (χ1v) is 5.43. The molecule has 1 rings (SSSR count). The first kappa shape index (κ1) is 12.7. The highest BCUT2D eigenvalue weighted by molar-refractivity contribution is 5.76. The van der Waals surface area contributed by atoms with Gasteiger partial charge in [0, 0.05) is 26.3 Å². The second-order valence-electron chi connectivity index (χ2n) is 5.07. The third kappa shape index (κ3) is 4.91. The minimum absolute atomic E-state index is 0.0206. The lowest BCUT2D eigenvalue weighted by atomic mass is 9.92. The van der Waals surface area contributed by atoms with Crippen molar-refractivity contribution in [3.63, 3.8) is 0 Å². The summed E-state index contributed by atoms with van der Waals surface area (Å²) in [5.74, 6) is 1.25. The number of aromatic nitrogens is 2. The lowest BCUT2D eigenvalue weighted by Gasteiger charge is -2.16. The Balaban J connectivity index is 2.23. The zero-order valence-corrected chi connectivity index (χ0v) is 10.3. The van der Waals surface area contributed by atoms with Crippen molar-refractivity contribution in [1.29, 1.82) is 0 Å². The number of rotatable bonds is 4. The molecule has 0 aliphatic rings. The number of hydrogen-bond acceptors (Lipinski definition) is 4. The van der Waals surface area contributed by atoms with Crippen LogP contribution < -0.4 is 5.32 Å². The van der Waals surface area contributed by atoms with Gasteiger partial charge in [0.15, 0.2) is 5.82 Å². The Morgan fingerprint density at radius 1 is 1.44 bits per heavy atom. The van der Waals surface area contributed by atoms with Gasteiger partial charge >= 0.3 is 0 Å². The fraction of sp³-hybridized carbons (Fsp3) is 0.727. The quantitative estimate of drug-likeness (QED) is 0.842. The Bertz CT molecular complexity index is 352. The molecule has 1 aromatic rings. The lowest BCUT2D eigenvalue weighted by molar-refractivity contribution is -0.122. The van der Waals surface area contributed by atoms with Crippen LogP contribution in [0, 0.1) is 12.3 Å². The fourth-order valence-electron chi connectivity index (χ4n) is 1.30. The van der Waals surface area contributed by atoms with Crippen LogP contribution in [0.1, 0.15) is 38.9 Å². The average Bonchev–Trinajstić information content (AvgIpc) is 2.48. The zero-order chi connectivity index (χ0) is 12.2. The van der Waals surface area contributed by atoms with Crippen molar-refractivity contribution < 1.29 is 9.32 Å². The van der Waals surface area contributed by atoms with E-state index in [1.807, 2.05) is 20.8 Å². The summed E-state index contributed by atoms with van der Waals surface area (Å²) in [4.78, 5) is 15.5. The van der Waals surface area contributed by atoms with Crippen LogP contribution in [0.25, 0.3) is 0 Å². The molecule has 0 saturated heterocycles. The van der Waals surface area contributed by atoms with E-state index in [2.05, 4.69) is 15.5 Å². The number of nitrogens with zero attached hydrogens (tertiary/aromatic N) is 2. The van der Waals surface area contributed by atoms with Crippen molar-refractivity contribution in [3.05, 3.63) is 11.7 Å². The maximum absolute atomic E-state index is 11.5. The first-order chi connectivity index (χ1) is 7.37. The maximum atomic E-state index is 11.5. The number of nitrogens with one attached hydrogen (secondary N) is 1. The Hall–Kier alpha value is -1.39. The molecule has 0 atom stereocenters. The molecule has 16 heavy (non-hydrogen) atoms. The van der Waals surface area contributed by atoms with Gasteiger partial charge < -0.3 is 9.84 Å². The monoisotopic (exact) mass is 225 g/mol. The van der Waals surface area contributed by atoms with E-state index < -0.39 is 0 Å². The molecule has 0 aromatic carbocycles. The molecule has 5 nitrogen and oxygen atoms in total. The Labute approximate surface area is 95.6 Å². The van der Waals surface area contributed by atoms with Crippen LogP contribution in [-0.2, 0) is 11.2 Å². The van der Waals surface area contributed by atoms with Crippen LogP contribution in [0.5, 0.6) is 0 Å². The molecule has 1 aromatic heterocycles. The maximum Gasteiger partial charge on any atom is 0.223 e. The summed E-state index contributed by atoms with van der Waals surface area (Å²) in [7, 11) is 0. The fourth-order valence-corrected chi connectivity index (χ4v) is 1.30. The van der Waals surface area contributed by atoms with Gasteiger partial charge in [-0.15, -0.1) is 0 Å². The normalized spacial score (nSPS) is 11.5. The molecule has 1 N–H and O–H groups in total. The Morgan fingerprint density at radius 3 is 2.62 bits per heavy atom. The molecule has 0 aliphatic heterocycles. The van der Waals surface area contributed by atoms with E-state index >= 15 is 0 Å². The smallest absolute Gasteiger partial charge is 0.223 e. The molecule has 1 amide bonds. The van der Waals surface area contributed by atoms with Crippen LogP contribution >= 0.6 is 0 Å². The number of amides is 1. The molecular formula is C11H19N3O2. The molecule has 0 unspecified atom stereocenters. The zero-order valence-electron chi connectivity index (χ0n) is 10.3. The molecule has 0 spiro atoms. The summed E-state index contributed by atoms with van der Waals surface area (Å²) in [5.41, 5.74) is 0.0206. The van der Waals surface area contributed by atoms with E-state index in [4.69, 9.17) is 4.52 Å². The van der Waals surface area contributed by atoms with Gasteiger partial charge in [0.2, 0.25) is 11.8 Å². The second-order valence-corrected chi connectivity index (χ2v) is 5.07. The summed E-state index contributed by atoms with van der Waals surface area (Å²) in [5, 5.41) is 6.59. The van der Waals surface area contributed by atoms with E-state index in [9.17, 15) is 4.79 Å². The van der Waals surface area contributed by atoms with Crippen LogP contribution in [0.2, 0.25) is 0 Å². The summed E-state index contributed by atoms with van der Waals surface area (Å²) in [6, 6.07) is 0. The van der Waals surface area contributed by atoms with Crippen LogP contribution in [0.4, 0.5) is 0 Å². The standard InChI is InChI=1S/C11H19N3O2/c1-8-13-9(14-16-8)5-6-12-10(15)7-11(2,3)4/h5-7H2,1-4H3,(H,12,15). The Morgan fingerprint density at radius 2 is 2.12 bits per heavy atom. The van der Waals surface area contributed by atoms with Gasteiger partial charge in [0.05, 0.1) is 0 Å². The number of carbonyl (C=O) groups is 1. The number of aryl methyl sites for hydroxylation is 1. The Kier molecular flexibility index (Phi) is 4.04. The lowest BCUT2D eigenvalue weighted by Crippen LogP contribution is -2.29. The van der Waals surface area contributed by atoms with Crippen molar-refractivity contribution in [2.24, 2.45) is 5.41 Å². The largest absolute Gasteiger partial charge is 0.356 e. The third-order valence-electron chi connectivity index (χ3n) is 1.93. The van der Waals surface area contributed by atoms with E-state index in [1.54, 1.807) is 6.92 Å². The van der Waals surface area contributed by atoms with Gasteiger partial charge in [0.1, 0.15) is 0 Å². The predicted octanol–water partition coefficient (Wildman–Crippen LogP) is 1.47. The van der Waals surface area contributed by atoms with E-state index in [-0.39, 0.29) is 11.3 Å². The van der Waals surface area contributed by atoms with E-state index in [0.29, 0.717) is 31.1 Å². The van der Waals surface area contributed by atoms with Crippen molar-refractivity contribution in [1.82, 2.24) is 15.5 Å². The minimum atomic E-state index is 0.0206.